The van der Waals surface area contributed by atoms with E-state index in [4.69, 9.17) is 19.8 Å². The number of hydrogen-bond acceptors (Lipinski definition) is 6. The maximum absolute atomic E-state index is 10.9. The van der Waals surface area contributed by atoms with Crippen LogP contribution in [-0.4, -0.2) is 77.6 Å². The van der Waals surface area contributed by atoms with Crippen LogP contribution in [0.15, 0.2) is 48.7 Å². The van der Waals surface area contributed by atoms with Crippen molar-refractivity contribution in [3.8, 4) is 11.4 Å². The van der Waals surface area contributed by atoms with Gasteiger partial charge in [0, 0.05) is 54.4 Å². The third-order valence-electron chi connectivity index (χ3n) is 6.09. The molecule has 0 saturated carbocycles. The first-order valence-corrected chi connectivity index (χ1v) is 11.4. The van der Waals surface area contributed by atoms with Crippen LogP contribution in [0.1, 0.15) is 0 Å². The van der Waals surface area contributed by atoms with E-state index in [2.05, 4.69) is 58.2 Å². The summed E-state index contributed by atoms with van der Waals surface area (Å²) in [6, 6.07) is 13.6. The van der Waals surface area contributed by atoms with Crippen LogP contribution in [0.5, 0.6) is 0 Å². The van der Waals surface area contributed by atoms with Crippen LogP contribution in [0.2, 0.25) is 0 Å². The summed E-state index contributed by atoms with van der Waals surface area (Å²) in [6.45, 7) is 4.73. The summed E-state index contributed by atoms with van der Waals surface area (Å²) in [6.07, 6.45) is 1.03. The van der Waals surface area contributed by atoms with Gasteiger partial charge >= 0.3 is 6.09 Å². The lowest BCUT2D eigenvalue weighted by Gasteiger charge is -2.29. The van der Waals surface area contributed by atoms with E-state index in [9.17, 15) is 4.79 Å². The topological polar surface area (TPSA) is 95.8 Å². The molecule has 2 aromatic carbocycles. The minimum atomic E-state index is -1.09. The quantitative estimate of drug-likeness (QED) is 0.453. The molecule has 0 aliphatic carbocycles. The van der Waals surface area contributed by atoms with Crippen molar-refractivity contribution in [3.05, 3.63) is 48.7 Å². The van der Waals surface area contributed by atoms with Gasteiger partial charge in [0.15, 0.2) is 5.82 Å². The Morgan fingerprint density at radius 1 is 1.06 bits per heavy atom. The number of hydrogen-bond donors (Lipinski definition) is 2. The van der Waals surface area contributed by atoms with Crippen LogP contribution in [0.4, 0.5) is 16.3 Å². The highest BCUT2D eigenvalue weighted by atomic mass is 16.5. The number of ether oxygens (including phenoxy) is 1. The van der Waals surface area contributed by atoms with Crippen LogP contribution >= 0.6 is 0 Å². The number of likely N-dealkylation sites (N-methyl/N-ethyl adjacent to an activating group) is 1. The molecule has 0 spiro atoms. The molecule has 0 radical (unpaired) electrons. The summed E-state index contributed by atoms with van der Waals surface area (Å²) in [5, 5.41) is 13.5. The number of aromatic nitrogens is 3. The minimum absolute atomic E-state index is 0.505. The third-order valence-corrected chi connectivity index (χ3v) is 6.09. The average Bonchev–Trinajstić information content (AvgIpc) is 3.26. The predicted octanol–water partition coefficient (Wildman–Crippen LogP) is 3.74. The Kier molecular flexibility index (Phi) is 6.04. The van der Waals surface area contributed by atoms with Crippen molar-refractivity contribution in [3.63, 3.8) is 0 Å². The number of benzene rings is 2. The highest BCUT2D eigenvalue weighted by Crippen LogP contribution is 2.33. The van der Waals surface area contributed by atoms with Gasteiger partial charge in [-0.1, -0.05) is 0 Å². The molecular weight excluding hydrogens is 432 g/mol. The lowest BCUT2D eigenvalue weighted by Crippen LogP contribution is -2.37. The summed E-state index contributed by atoms with van der Waals surface area (Å²) in [5.74, 6) is 1.52. The van der Waals surface area contributed by atoms with Crippen molar-refractivity contribution in [2.75, 3.05) is 57.2 Å². The number of fused-ring (bicyclic) bond motifs is 3. The summed E-state index contributed by atoms with van der Waals surface area (Å²) >= 11 is 0. The van der Waals surface area contributed by atoms with Crippen molar-refractivity contribution in [2.45, 2.75) is 6.54 Å². The van der Waals surface area contributed by atoms with E-state index < -0.39 is 6.09 Å². The van der Waals surface area contributed by atoms with E-state index in [0.29, 0.717) is 24.7 Å². The molecule has 9 nitrogen and oxygen atoms in total. The van der Waals surface area contributed by atoms with Gasteiger partial charge in [0.05, 0.1) is 24.2 Å². The first kappa shape index (κ1) is 22.1. The van der Waals surface area contributed by atoms with Gasteiger partial charge in [0.1, 0.15) is 5.82 Å². The lowest BCUT2D eigenvalue weighted by molar-refractivity contribution is 0.122. The Bertz CT molecular complexity index is 1330. The summed E-state index contributed by atoms with van der Waals surface area (Å²) < 4.78 is 7.83. The summed E-state index contributed by atoms with van der Waals surface area (Å²) in [7, 11) is 4.15. The zero-order valence-corrected chi connectivity index (χ0v) is 19.4. The summed E-state index contributed by atoms with van der Waals surface area (Å²) in [4.78, 5) is 25.3. The van der Waals surface area contributed by atoms with Crippen molar-refractivity contribution < 1.29 is 14.6 Å². The molecule has 1 saturated heterocycles. The van der Waals surface area contributed by atoms with Crippen molar-refractivity contribution >= 4 is 39.4 Å². The molecule has 2 N–H and O–H groups in total. The molecule has 1 aliphatic rings. The molecule has 4 aromatic rings. The van der Waals surface area contributed by atoms with E-state index in [0.717, 1.165) is 59.4 Å². The fourth-order valence-corrected chi connectivity index (χ4v) is 4.32. The average molecular weight is 461 g/mol. The maximum atomic E-state index is 10.9. The molecular formula is C25H28N6O3. The molecule has 1 aliphatic heterocycles. The van der Waals surface area contributed by atoms with E-state index in [-0.39, 0.29) is 0 Å². The van der Waals surface area contributed by atoms with E-state index in [1.165, 1.54) is 0 Å². The van der Waals surface area contributed by atoms with E-state index in [1.807, 2.05) is 12.1 Å². The zero-order valence-electron chi connectivity index (χ0n) is 19.4. The Hall–Kier alpha value is -3.69. The Morgan fingerprint density at radius 3 is 2.53 bits per heavy atom. The lowest BCUT2D eigenvalue weighted by atomic mass is 10.1. The maximum Gasteiger partial charge on any atom is 0.409 e. The number of amides is 1. The van der Waals surface area contributed by atoms with Gasteiger partial charge in [-0.15, -0.1) is 0 Å². The van der Waals surface area contributed by atoms with Gasteiger partial charge in [0.25, 0.3) is 0 Å². The van der Waals surface area contributed by atoms with Gasteiger partial charge in [-0.05, 0) is 56.6 Å². The molecule has 1 amide bonds. The van der Waals surface area contributed by atoms with Crippen molar-refractivity contribution in [2.24, 2.45) is 0 Å². The second-order valence-electron chi connectivity index (χ2n) is 8.68. The molecule has 3 heterocycles. The normalized spacial score (nSPS) is 14.3. The zero-order chi connectivity index (χ0) is 23.7. The molecule has 0 unspecified atom stereocenters. The number of rotatable bonds is 6. The second kappa shape index (κ2) is 9.28. The Morgan fingerprint density at radius 2 is 1.82 bits per heavy atom. The van der Waals surface area contributed by atoms with E-state index in [1.54, 1.807) is 12.1 Å². The number of anilines is 2. The van der Waals surface area contributed by atoms with Crippen LogP contribution in [-0.2, 0) is 11.3 Å². The van der Waals surface area contributed by atoms with Crippen molar-refractivity contribution in [1.29, 1.82) is 0 Å². The van der Waals surface area contributed by atoms with Gasteiger partial charge in [-0.3, -0.25) is 5.32 Å². The third kappa shape index (κ3) is 4.40. The Balaban J connectivity index is 1.64. The smallest absolute Gasteiger partial charge is 0.409 e. The highest BCUT2D eigenvalue weighted by molar-refractivity contribution is 6.08. The molecule has 2 aromatic heterocycles. The van der Waals surface area contributed by atoms with Crippen molar-refractivity contribution in [1.82, 2.24) is 19.4 Å². The molecule has 0 bridgehead atoms. The van der Waals surface area contributed by atoms with Gasteiger partial charge in [-0.2, -0.15) is 0 Å². The van der Waals surface area contributed by atoms with Crippen LogP contribution in [0.3, 0.4) is 0 Å². The molecule has 9 heteroatoms. The monoisotopic (exact) mass is 460 g/mol. The first-order chi connectivity index (χ1) is 16.5. The number of nitrogens with one attached hydrogen (secondary N) is 1. The first-order valence-electron chi connectivity index (χ1n) is 11.4. The Labute approximate surface area is 197 Å². The highest BCUT2D eigenvalue weighted by Gasteiger charge is 2.20. The largest absolute Gasteiger partial charge is 0.465 e. The summed E-state index contributed by atoms with van der Waals surface area (Å²) in [5.41, 5.74) is 3.40. The van der Waals surface area contributed by atoms with E-state index >= 15 is 0 Å². The molecule has 34 heavy (non-hydrogen) atoms. The fraction of sp³-hybridized carbons (Fsp3) is 0.320. The van der Waals surface area contributed by atoms with Crippen LogP contribution in [0, 0.1) is 0 Å². The SMILES string of the molecule is CN(C)CCn1ccc2c3nc(-c4ccc(NC(=O)O)cc4)nc(N4CCOCC4)c3ccc21. The van der Waals surface area contributed by atoms with Gasteiger partial charge < -0.3 is 24.2 Å². The number of nitrogens with zero attached hydrogens (tertiary/aromatic N) is 5. The molecule has 0 atom stereocenters. The predicted molar refractivity (Wildman–Crippen MR) is 134 cm³/mol. The molecule has 1 fully saturated rings. The molecule has 5 rings (SSSR count). The number of carboxylic acid groups (broad SMARTS) is 1. The fourth-order valence-electron chi connectivity index (χ4n) is 4.32. The second-order valence-corrected chi connectivity index (χ2v) is 8.68. The van der Waals surface area contributed by atoms with Gasteiger partial charge in [0.2, 0.25) is 0 Å². The van der Waals surface area contributed by atoms with Crippen LogP contribution in [0.25, 0.3) is 33.2 Å². The van der Waals surface area contributed by atoms with Gasteiger partial charge in [-0.25, -0.2) is 14.8 Å². The number of carbonyl (C=O) groups is 1. The minimum Gasteiger partial charge on any atom is -0.465 e. The number of morpholine rings is 1. The molecule has 176 valence electrons. The standard InChI is InChI=1S/C25H28N6O3/c1-29(2)11-12-30-10-9-19-21(30)8-7-20-22(19)27-23(28-24(20)31-13-15-34-16-14-31)17-3-5-18(6-4-17)26-25(32)33/h3-10,26H,11-16H2,1-2H3,(H,32,33). The van der Waals surface area contributed by atoms with Crippen LogP contribution < -0.4 is 10.2 Å².